The van der Waals surface area contributed by atoms with Gasteiger partial charge in [-0.15, -0.1) is 0 Å². The van der Waals surface area contributed by atoms with Gasteiger partial charge in [0.25, 0.3) is 5.91 Å². The molecule has 0 spiro atoms. The molecule has 9 heteroatoms. The Hall–Kier alpha value is -2.83. The molecule has 3 atom stereocenters. The van der Waals surface area contributed by atoms with Crippen LogP contribution < -0.4 is 10.1 Å². The van der Waals surface area contributed by atoms with E-state index in [-0.39, 0.29) is 41.9 Å². The van der Waals surface area contributed by atoms with Crippen LogP contribution in [0, 0.1) is 17.8 Å². The zero-order valence-electron chi connectivity index (χ0n) is 21.4. The third-order valence-electron chi connectivity index (χ3n) is 6.60. The van der Waals surface area contributed by atoms with Crippen molar-refractivity contribution in [3.05, 3.63) is 23.4 Å². The van der Waals surface area contributed by atoms with Gasteiger partial charge in [-0.25, -0.2) is 9.78 Å². The summed E-state index contributed by atoms with van der Waals surface area (Å²) in [5.41, 5.74) is -0.234. The summed E-state index contributed by atoms with van der Waals surface area (Å²) in [6.45, 7) is 7.99. The lowest BCUT2D eigenvalue weighted by Gasteiger charge is -2.37. The van der Waals surface area contributed by atoms with Crippen LogP contribution in [-0.4, -0.2) is 87.5 Å². The van der Waals surface area contributed by atoms with Gasteiger partial charge in [-0.3, -0.25) is 4.79 Å². The minimum Gasteiger partial charge on any atom is -0.472 e. The fourth-order valence-electron chi connectivity index (χ4n) is 4.37. The van der Waals surface area contributed by atoms with Crippen LogP contribution in [0.3, 0.4) is 0 Å². The lowest BCUT2D eigenvalue weighted by Crippen LogP contribution is -2.51. The highest BCUT2D eigenvalue weighted by molar-refractivity contribution is 5.97. The summed E-state index contributed by atoms with van der Waals surface area (Å²) in [5, 5.41) is 23.2. The number of ether oxygens (including phenoxy) is 1. The normalized spacial score (nSPS) is 22.3. The number of carbonyl (C=O) groups excluding carboxylic acids is 2. The number of aliphatic hydroxyl groups excluding tert-OH is 1. The maximum Gasteiger partial charge on any atom is 0.317 e. The van der Waals surface area contributed by atoms with Crippen molar-refractivity contribution >= 4 is 11.9 Å². The maximum atomic E-state index is 13.5. The number of pyridine rings is 1. The van der Waals surface area contributed by atoms with Gasteiger partial charge in [0.05, 0.1) is 19.2 Å². The van der Waals surface area contributed by atoms with Gasteiger partial charge in [-0.2, -0.15) is 0 Å². The monoisotopic (exact) mass is 486 g/mol. The molecule has 1 aromatic heterocycles. The number of aromatic nitrogens is 1. The fourth-order valence-corrected chi connectivity index (χ4v) is 4.37. The van der Waals surface area contributed by atoms with Crippen LogP contribution in [0.2, 0.25) is 0 Å². The average molecular weight is 487 g/mol. The van der Waals surface area contributed by atoms with E-state index in [1.54, 1.807) is 29.8 Å². The number of nitrogens with one attached hydrogen (secondary N) is 1. The minimum atomic E-state index is -0.996. The first-order valence-electron chi connectivity index (χ1n) is 12.4. The van der Waals surface area contributed by atoms with Crippen molar-refractivity contribution in [2.24, 2.45) is 5.92 Å². The Balaban J connectivity index is 1.93. The zero-order valence-corrected chi connectivity index (χ0v) is 21.4. The smallest absolute Gasteiger partial charge is 0.317 e. The summed E-state index contributed by atoms with van der Waals surface area (Å²) < 4.78 is 6.22. The molecule has 2 aliphatic rings. The molecular formula is C26H38N4O5. The van der Waals surface area contributed by atoms with Crippen molar-refractivity contribution in [1.29, 1.82) is 0 Å². The van der Waals surface area contributed by atoms with Gasteiger partial charge in [0, 0.05) is 37.3 Å². The molecule has 192 valence electrons. The highest BCUT2D eigenvalue weighted by Gasteiger charge is 2.35. The number of hydrogen-bond donors (Lipinski definition) is 3. The molecule has 3 amide bonds. The van der Waals surface area contributed by atoms with Crippen molar-refractivity contribution in [2.45, 2.75) is 77.2 Å². The molecule has 0 radical (unpaired) electrons. The molecule has 1 aliphatic heterocycles. The number of carbonyl (C=O) groups is 2. The molecule has 0 saturated heterocycles. The van der Waals surface area contributed by atoms with E-state index in [4.69, 9.17) is 4.74 Å². The number of fused-ring (bicyclic) bond motifs is 1. The Kier molecular flexibility index (Phi) is 8.62. The predicted molar refractivity (Wildman–Crippen MR) is 132 cm³/mol. The third-order valence-corrected chi connectivity index (χ3v) is 6.60. The highest BCUT2D eigenvalue weighted by Crippen LogP contribution is 2.30. The molecule has 9 nitrogen and oxygen atoms in total. The molecule has 35 heavy (non-hydrogen) atoms. The summed E-state index contributed by atoms with van der Waals surface area (Å²) in [6, 6.07) is 1.02. The van der Waals surface area contributed by atoms with E-state index in [2.05, 4.69) is 22.1 Å². The first-order chi connectivity index (χ1) is 16.5. The standard InChI is InChI=1S/C26H38N4O5/c1-17(2)28-25(33)29(5)15-22-18(3)14-30(19(4)16-31)24(32)21-12-20(13-27-23(21)35-22)8-11-26(34)9-6-7-10-26/h12-13,17-19,22,31,34H,6-7,9-10,14-16H2,1-5H3,(H,28,33)/t18-,19+,22+/m1/s1. The fraction of sp³-hybridized carbons (Fsp3) is 0.654. The Labute approximate surface area is 207 Å². The number of hydrogen-bond acceptors (Lipinski definition) is 6. The van der Waals surface area contributed by atoms with E-state index in [1.807, 2.05) is 20.8 Å². The molecule has 1 aliphatic carbocycles. The van der Waals surface area contributed by atoms with Crippen LogP contribution in [0.1, 0.15) is 69.3 Å². The quantitative estimate of drug-likeness (QED) is 0.549. The zero-order chi connectivity index (χ0) is 25.8. The number of rotatable bonds is 5. The van der Waals surface area contributed by atoms with Crippen molar-refractivity contribution < 1.29 is 24.5 Å². The van der Waals surface area contributed by atoms with E-state index in [0.29, 0.717) is 31.5 Å². The Morgan fingerprint density at radius 2 is 2.06 bits per heavy atom. The van der Waals surface area contributed by atoms with Gasteiger partial charge < -0.3 is 30.1 Å². The first-order valence-corrected chi connectivity index (χ1v) is 12.4. The van der Waals surface area contributed by atoms with E-state index in [0.717, 1.165) is 12.8 Å². The van der Waals surface area contributed by atoms with Crippen molar-refractivity contribution in [3.8, 4) is 17.7 Å². The minimum absolute atomic E-state index is 0.00311. The molecule has 3 rings (SSSR count). The third kappa shape index (κ3) is 6.65. The summed E-state index contributed by atoms with van der Waals surface area (Å²) in [6.07, 6.45) is 4.27. The van der Waals surface area contributed by atoms with Crippen molar-refractivity contribution in [3.63, 3.8) is 0 Å². The van der Waals surface area contributed by atoms with E-state index in [1.165, 1.54) is 6.20 Å². The number of nitrogens with zero attached hydrogens (tertiary/aromatic N) is 3. The van der Waals surface area contributed by atoms with Gasteiger partial charge in [0.2, 0.25) is 5.88 Å². The van der Waals surface area contributed by atoms with E-state index < -0.39 is 17.7 Å². The van der Waals surface area contributed by atoms with Crippen LogP contribution in [-0.2, 0) is 0 Å². The number of amides is 3. The summed E-state index contributed by atoms with van der Waals surface area (Å²) in [4.78, 5) is 33.6. The molecule has 1 saturated carbocycles. The van der Waals surface area contributed by atoms with Crippen LogP contribution in [0.5, 0.6) is 5.88 Å². The van der Waals surface area contributed by atoms with Crippen LogP contribution in [0.4, 0.5) is 4.79 Å². The van der Waals surface area contributed by atoms with Crippen LogP contribution in [0.25, 0.3) is 0 Å². The Morgan fingerprint density at radius 3 is 2.69 bits per heavy atom. The lowest BCUT2D eigenvalue weighted by molar-refractivity contribution is 0.0351. The molecule has 0 bridgehead atoms. The van der Waals surface area contributed by atoms with Crippen molar-refractivity contribution in [2.75, 3.05) is 26.7 Å². The summed E-state index contributed by atoms with van der Waals surface area (Å²) in [5.74, 6) is 5.67. The predicted octanol–water partition coefficient (Wildman–Crippen LogP) is 2.01. The Morgan fingerprint density at radius 1 is 1.37 bits per heavy atom. The summed E-state index contributed by atoms with van der Waals surface area (Å²) >= 11 is 0. The van der Waals surface area contributed by atoms with E-state index in [9.17, 15) is 19.8 Å². The topological polar surface area (TPSA) is 115 Å². The molecule has 0 aromatic carbocycles. The van der Waals surface area contributed by atoms with Crippen molar-refractivity contribution in [1.82, 2.24) is 20.1 Å². The van der Waals surface area contributed by atoms with Crippen LogP contribution >= 0.6 is 0 Å². The molecule has 1 fully saturated rings. The SMILES string of the molecule is CC(C)NC(=O)N(C)C[C@@H]1Oc2ncc(C#CC3(O)CCCC3)cc2C(=O)N([C@@H](C)CO)C[C@H]1C. The second-order valence-corrected chi connectivity index (χ2v) is 10.2. The Bertz CT molecular complexity index is 980. The number of likely N-dealkylation sites (N-methyl/N-ethyl adjacent to an activating group) is 1. The lowest BCUT2D eigenvalue weighted by atomic mass is 9.99. The van der Waals surface area contributed by atoms with E-state index >= 15 is 0 Å². The summed E-state index contributed by atoms with van der Waals surface area (Å²) in [7, 11) is 1.70. The van der Waals surface area contributed by atoms with Crippen LogP contribution in [0.15, 0.2) is 12.3 Å². The average Bonchev–Trinajstić information content (AvgIpc) is 3.25. The molecule has 0 unspecified atom stereocenters. The second-order valence-electron chi connectivity index (χ2n) is 10.2. The highest BCUT2D eigenvalue weighted by atomic mass is 16.5. The molecule has 1 aromatic rings. The second kappa shape index (κ2) is 11.3. The maximum absolute atomic E-state index is 13.5. The van der Waals surface area contributed by atoms with Gasteiger partial charge in [-0.1, -0.05) is 18.8 Å². The van der Waals surface area contributed by atoms with Gasteiger partial charge in [0.15, 0.2) is 0 Å². The number of aliphatic hydroxyl groups is 2. The molecule has 3 N–H and O–H groups in total. The van der Waals surface area contributed by atoms with Gasteiger partial charge in [0.1, 0.15) is 17.3 Å². The first kappa shape index (κ1) is 26.8. The number of urea groups is 1. The molecule has 2 heterocycles. The van der Waals surface area contributed by atoms with Gasteiger partial charge >= 0.3 is 6.03 Å². The van der Waals surface area contributed by atoms with Gasteiger partial charge in [-0.05, 0) is 52.5 Å². The molecular weight excluding hydrogens is 448 g/mol. The largest absolute Gasteiger partial charge is 0.472 e.